The van der Waals surface area contributed by atoms with Gasteiger partial charge in [0, 0.05) is 43.0 Å². The number of hydrogen-bond donors (Lipinski definition) is 3. The number of alkyl halides is 1. The molecule has 11 heteroatoms. The van der Waals surface area contributed by atoms with Crippen LogP contribution in [0.25, 0.3) is 11.4 Å². The van der Waals surface area contributed by atoms with Gasteiger partial charge < -0.3 is 20.1 Å². The van der Waals surface area contributed by atoms with Gasteiger partial charge >= 0.3 is 0 Å². The number of aromatic nitrogens is 4. The number of rotatable bonds is 5. The van der Waals surface area contributed by atoms with Gasteiger partial charge in [0.25, 0.3) is 5.91 Å². The molecule has 5 rings (SSSR count). The molecular formula is C23H29FN6O4. The van der Waals surface area contributed by atoms with Crippen molar-refractivity contribution in [1.82, 2.24) is 30.4 Å². The van der Waals surface area contributed by atoms with Gasteiger partial charge in [-0.25, -0.2) is 14.4 Å². The van der Waals surface area contributed by atoms with Crippen molar-refractivity contribution in [3.63, 3.8) is 0 Å². The largest absolute Gasteiger partial charge is 0.481 e. The molecule has 1 atom stereocenters. The Bertz CT molecular complexity index is 1070. The minimum Gasteiger partial charge on any atom is -0.481 e. The minimum atomic E-state index is -2.11. The number of nitrogens with zero attached hydrogens (tertiary/aromatic N) is 4. The Balaban J connectivity index is 1.22. The molecule has 34 heavy (non-hydrogen) atoms. The molecule has 182 valence electrons. The zero-order valence-corrected chi connectivity index (χ0v) is 19.1. The summed E-state index contributed by atoms with van der Waals surface area (Å²) in [6, 6.07) is 3.22. The third-order valence-corrected chi connectivity index (χ3v) is 7.36. The first-order valence-corrected chi connectivity index (χ1v) is 11.7. The number of likely N-dealkylation sites (tertiary alicyclic amines) is 1. The lowest BCUT2D eigenvalue weighted by Gasteiger charge is -2.40. The maximum Gasteiger partial charge on any atom is 0.272 e. The highest BCUT2D eigenvalue weighted by Crippen LogP contribution is 2.50. The molecule has 10 nitrogen and oxygen atoms in total. The highest BCUT2D eigenvalue weighted by atomic mass is 19.2. The van der Waals surface area contributed by atoms with Crippen molar-refractivity contribution in [3.8, 4) is 17.3 Å². The number of H-pyrrole nitrogens is 1. The van der Waals surface area contributed by atoms with Crippen LogP contribution in [0.15, 0.2) is 18.5 Å². The van der Waals surface area contributed by atoms with Crippen molar-refractivity contribution in [1.29, 1.82) is 0 Å². The van der Waals surface area contributed by atoms with Crippen LogP contribution in [0, 0.1) is 5.92 Å². The molecule has 2 aliphatic carbocycles. The van der Waals surface area contributed by atoms with Gasteiger partial charge in [-0.2, -0.15) is 5.10 Å². The third kappa shape index (κ3) is 4.48. The molecule has 0 aromatic carbocycles. The van der Waals surface area contributed by atoms with Gasteiger partial charge in [0.1, 0.15) is 17.7 Å². The molecule has 1 spiro atoms. The molecular weight excluding hydrogens is 443 g/mol. The fourth-order valence-corrected chi connectivity index (χ4v) is 5.17. The average molecular weight is 473 g/mol. The van der Waals surface area contributed by atoms with Crippen molar-refractivity contribution >= 4 is 11.8 Å². The highest BCUT2D eigenvalue weighted by molar-refractivity contribution is 5.94. The predicted octanol–water partition coefficient (Wildman–Crippen LogP) is 1.98. The summed E-state index contributed by atoms with van der Waals surface area (Å²) in [6.45, 7) is 0.488. The van der Waals surface area contributed by atoms with Crippen LogP contribution < -0.4 is 10.1 Å². The number of carbonyl (C=O) groups excluding carboxylic acids is 2. The van der Waals surface area contributed by atoms with E-state index in [1.807, 2.05) is 4.90 Å². The number of methoxy groups -OCH3 is 1. The van der Waals surface area contributed by atoms with Crippen molar-refractivity contribution in [2.45, 2.75) is 68.8 Å². The van der Waals surface area contributed by atoms with E-state index in [4.69, 9.17) is 4.74 Å². The second-order valence-corrected chi connectivity index (χ2v) is 9.68. The van der Waals surface area contributed by atoms with E-state index in [1.165, 1.54) is 13.4 Å². The quantitative estimate of drug-likeness (QED) is 0.606. The van der Waals surface area contributed by atoms with Crippen molar-refractivity contribution in [3.05, 3.63) is 24.2 Å². The number of piperidine rings is 1. The first-order valence-electron chi connectivity index (χ1n) is 11.7. The summed E-state index contributed by atoms with van der Waals surface area (Å²) in [4.78, 5) is 36.3. The van der Waals surface area contributed by atoms with E-state index >= 15 is 0 Å². The molecule has 1 aliphatic heterocycles. The van der Waals surface area contributed by atoms with E-state index < -0.39 is 5.85 Å². The van der Waals surface area contributed by atoms with Crippen molar-refractivity contribution in [2.75, 3.05) is 13.7 Å². The van der Waals surface area contributed by atoms with E-state index in [1.54, 1.807) is 12.1 Å². The molecule has 2 saturated carbocycles. The Hall–Kier alpha value is -3.08. The molecule has 0 bridgehead atoms. The molecule has 0 unspecified atom stereocenters. The predicted molar refractivity (Wildman–Crippen MR) is 118 cm³/mol. The van der Waals surface area contributed by atoms with Crippen LogP contribution in [0.5, 0.6) is 5.88 Å². The molecule has 2 aromatic rings. The number of halogens is 1. The zero-order chi connectivity index (χ0) is 23.9. The van der Waals surface area contributed by atoms with Crippen LogP contribution in [0.4, 0.5) is 4.39 Å². The Morgan fingerprint density at radius 2 is 1.94 bits per heavy atom. The molecule has 3 heterocycles. The maximum atomic E-state index is 13.6. The second kappa shape index (κ2) is 8.61. The molecule has 1 saturated heterocycles. The first kappa shape index (κ1) is 22.7. The summed E-state index contributed by atoms with van der Waals surface area (Å²) >= 11 is 0. The maximum absolute atomic E-state index is 13.6. The summed E-state index contributed by atoms with van der Waals surface area (Å²) in [6.07, 6.45) is 5.26. The molecule has 2 aromatic heterocycles. The third-order valence-electron chi connectivity index (χ3n) is 7.36. The van der Waals surface area contributed by atoms with Gasteiger partial charge in [0.05, 0.1) is 12.8 Å². The summed E-state index contributed by atoms with van der Waals surface area (Å²) in [7, 11) is 1.52. The topological polar surface area (TPSA) is 133 Å². The Kier molecular flexibility index (Phi) is 5.75. The number of hydrogen-bond acceptors (Lipinski definition) is 7. The number of carbonyl (C=O) groups is 2. The van der Waals surface area contributed by atoms with E-state index in [-0.39, 0.29) is 42.2 Å². The summed E-state index contributed by atoms with van der Waals surface area (Å²) in [5.41, 5.74) is 1.15. The van der Waals surface area contributed by atoms with Crippen LogP contribution in [0.3, 0.4) is 0 Å². The monoisotopic (exact) mass is 472 g/mol. The van der Waals surface area contributed by atoms with Gasteiger partial charge in [-0.3, -0.25) is 14.7 Å². The van der Waals surface area contributed by atoms with Crippen molar-refractivity contribution in [2.24, 2.45) is 5.92 Å². The fraction of sp³-hybridized carbons (Fsp3) is 0.609. The Morgan fingerprint density at radius 1 is 1.18 bits per heavy atom. The van der Waals surface area contributed by atoms with Gasteiger partial charge in [0.2, 0.25) is 17.6 Å². The molecule has 3 N–H and O–H groups in total. The van der Waals surface area contributed by atoms with Crippen LogP contribution in [-0.4, -0.2) is 73.1 Å². The Morgan fingerprint density at radius 3 is 2.65 bits per heavy atom. The molecule has 3 aliphatic rings. The van der Waals surface area contributed by atoms with Crippen LogP contribution in [0.1, 0.15) is 61.9 Å². The lowest BCUT2D eigenvalue weighted by molar-refractivity contribution is -0.133. The summed E-state index contributed by atoms with van der Waals surface area (Å²) in [5, 5.41) is 19.6. The van der Waals surface area contributed by atoms with E-state index in [2.05, 4.69) is 25.5 Å². The van der Waals surface area contributed by atoms with Gasteiger partial charge in [-0.05, 0) is 44.6 Å². The number of aliphatic hydroxyl groups is 1. The highest BCUT2D eigenvalue weighted by Gasteiger charge is 2.54. The SMILES string of the molecule is COc1cc(-c2cc(C(=O)N3CC[C@H](C(=O)NC4CCC(O)(F)CC4)CC34CC4)[nH]n2)ncn1. The molecule has 3 fully saturated rings. The van der Waals surface area contributed by atoms with E-state index in [0.717, 1.165) is 12.8 Å². The fourth-order valence-electron chi connectivity index (χ4n) is 5.17. The Labute approximate surface area is 196 Å². The normalized spacial score (nSPS) is 27.9. The molecule has 0 radical (unpaired) electrons. The first-order chi connectivity index (χ1) is 16.3. The lowest BCUT2D eigenvalue weighted by Crippen LogP contribution is -2.52. The van der Waals surface area contributed by atoms with Gasteiger partial charge in [-0.1, -0.05) is 0 Å². The zero-order valence-electron chi connectivity index (χ0n) is 19.1. The van der Waals surface area contributed by atoms with Gasteiger partial charge in [0.15, 0.2) is 0 Å². The van der Waals surface area contributed by atoms with Crippen molar-refractivity contribution < 1.29 is 23.8 Å². The minimum absolute atomic E-state index is 0.0331. The number of ether oxygens (including phenoxy) is 1. The van der Waals surface area contributed by atoms with Crippen LogP contribution >= 0.6 is 0 Å². The number of amides is 2. The second-order valence-electron chi connectivity index (χ2n) is 9.68. The number of aromatic amines is 1. The summed E-state index contributed by atoms with van der Waals surface area (Å²) in [5.74, 6) is -2.05. The van der Waals surface area contributed by atoms with Crippen LogP contribution in [0.2, 0.25) is 0 Å². The van der Waals surface area contributed by atoms with Crippen LogP contribution in [-0.2, 0) is 4.79 Å². The lowest BCUT2D eigenvalue weighted by atomic mass is 9.86. The number of nitrogens with one attached hydrogen (secondary N) is 2. The average Bonchev–Trinajstić information content (AvgIpc) is 3.40. The molecule has 2 amide bonds. The smallest absolute Gasteiger partial charge is 0.272 e. The summed E-state index contributed by atoms with van der Waals surface area (Å²) < 4.78 is 18.7. The van der Waals surface area contributed by atoms with Gasteiger partial charge in [-0.15, -0.1) is 0 Å². The standard InChI is InChI=1S/C23H29FN6O4/c1-34-19-11-16(25-13-26-19)17-10-18(29-28-17)21(32)30-9-4-14(12-22(30)7-8-22)20(31)27-15-2-5-23(24,33)6-3-15/h10-11,13-15,33H,2-9,12H2,1H3,(H,27,31)(H,28,29)/t14-,15?,23?/m0/s1. The van der Waals surface area contributed by atoms with E-state index in [9.17, 15) is 19.1 Å². The van der Waals surface area contributed by atoms with E-state index in [0.29, 0.717) is 55.2 Å².